The summed E-state index contributed by atoms with van der Waals surface area (Å²) in [5.41, 5.74) is 18.0. The molecule has 4 heteroatoms. The third kappa shape index (κ3) is 3.29. The minimum atomic E-state index is -0.408. The number of carbonyl (C=O) groups is 1. The molecule has 1 aromatic heterocycles. The molecular weight excluding hydrogens is 310 g/mol. The predicted molar refractivity (Wildman–Crippen MR) is 103 cm³/mol. The topological polar surface area (TPSA) is 74.0 Å². The molecule has 2 aromatic carbocycles. The van der Waals surface area contributed by atoms with Crippen molar-refractivity contribution >= 4 is 11.6 Å². The molecule has 0 unspecified atom stereocenters. The van der Waals surface area contributed by atoms with E-state index in [1.807, 2.05) is 43.3 Å². The fourth-order valence-electron chi connectivity index (χ4n) is 3.15. The van der Waals surface area contributed by atoms with E-state index in [0.717, 1.165) is 41.0 Å². The van der Waals surface area contributed by atoms with E-state index in [-0.39, 0.29) is 0 Å². The molecule has 0 radical (unpaired) electrons. The SMILES string of the molecule is CCCc1ccc(-c2ccc(N)cc2)n1-c1ccc(C(N)=O)cc1C. The first kappa shape index (κ1) is 16.8. The lowest BCUT2D eigenvalue weighted by Crippen LogP contribution is -2.12. The van der Waals surface area contributed by atoms with Crippen LogP contribution >= 0.6 is 0 Å². The first-order chi connectivity index (χ1) is 12.0. The number of hydrogen-bond donors (Lipinski definition) is 2. The summed E-state index contributed by atoms with van der Waals surface area (Å²) in [5, 5.41) is 0. The fourth-order valence-corrected chi connectivity index (χ4v) is 3.15. The molecule has 4 nitrogen and oxygen atoms in total. The number of primary amides is 1. The Labute approximate surface area is 148 Å². The Hall–Kier alpha value is -3.01. The van der Waals surface area contributed by atoms with Crippen LogP contribution in [0.15, 0.2) is 54.6 Å². The molecular formula is C21H23N3O. The molecule has 0 aliphatic rings. The number of carbonyl (C=O) groups excluding carboxylic acids is 1. The third-order valence-electron chi connectivity index (χ3n) is 4.40. The summed E-state index contributed by atoms with van der Waals surface area (Å²) in [6.07, 6.45) is 2.04. The van der Waals surface area contributed by atoms with Crippen molar-refractivity contribution in [2.24, 2.45) is 5.73 Å². The highest BCUT2D eigenvalue weighted by Gasteiger charge is 2.14. The van der Waals surface area contributed by atoms with E-state index >= 15 is 0 Å². The van der Waals surface area contributed by atoms with Crippen molar-refractivity contribution in [1.29, 1.82) is 0 Å². The Balaban J connectivity index is 2.18. The molecule has 0 atom stereocenters. The smallest absolute Gasteiger partial charge is 0.248 e. The van der Waals surface area contributed by atoms with Crippen molar-refractivity contribution in [3.05, 3.63) is 71.4 Å². The van der Waals surface area contributed by atoms with E-state index in [1.54, 1.807) is 6.07 Å². The molecule has 0 saturated heterocycles. The summed E-state index contributed by atoms with van der Waals surface area (Å²) in [4.78, 5) is 11.4. The highest BCUT2D eigenvalue weighted by atomic mass is 16.1. The van der Waals surface area contributed by atoms with Crippen LogP contribution in [0.3, 0.4) is 0 Å². The van der Waals surface area contributed by atoms with E-state index in [0.29, 0.717) is 5.56 Å². The van der Waals surface area contributed by atoms with Crippen molar-refractivity contribution in [2.45, 2.75) is 26.7 Å². The normalized spacial score (nSPS) is 10.8. The van der Waals surface area contributed by atoms with Crippen LogP contribution < -0.4 is 11.5 Å². The molecule has 3 rings (SSSR count). The number of rotatable bonds is 5. The van der Waals surface area contributed by atoms with Crippen molar-refractivity contribution < 1.29 is 4.79 Å². The van der Waals surface area contributed by atoms with Crippen molar-refractivity contribution in [3.63, 3.8) is 0 Å². The molecule has 0 aliphatic carbocycles. The van der Waals surface area contributed by atoms with Crippen LogP contribution in [0.2, 0.25) is 0 Å². The van der Waals surface area contributed by atoms with Crippen LogP contribution in [0.1, 0.15) is 35.0 Å². The van der Waals surface area contributed by atoms with Gasteiger partial charge >= 0.3 is 0 Å². The van der Waals surface area contributed by atoms with E-state index < -0.39 is 5.91 Å². The Kier molecular flexibility index (Phi) is 4.61. The molecule has 128 valence electrons. The van der Waals surface area contributed by atoms with E-state index in [1.165, 1.54) is 5.69 Å². The Bertz CT molecular complexity index is 907. The lowest BCUT2D eigenvalue weighted by atomic mass is 10.1. The number of aryl methyl sites for hydroxylation is 2. The second-order valence-corrected chi connectivity index (χ2v) is 6.28. The maximum atomic E-state index is 11.4. The van der Waals surface area contributed by atoms with Crippen LogP contribution in [0.25, 0.3) is 16.9 Å². The quantitative estimate of drug-likeness (QED) is 0.690. The van der Waals surface area contributed by atoms with E-state index in [9.17, 15) is 4.79 Å². The van der Waals surface area contributed by atoms with Crippen molar-refractivity contribution in [2.75, 3.05) is 5.73 Å². The second kappa shape index (κ2) is 6.85. The summed E-state index contributed by atoms with van der Waals surface area (Å²) in [6.45, 7) is 4.17. The van der Waals surface area contributed by atoms with Crippen LogP contribution in [0, 0.1) is 6.92 Å². The number of benzene rings is 2. The molecule has 0 fully saturated rings. The third-order valence-corrected chi connectivity index (χ3v) is 4.40. The monoisotopic (exact) mass is 333 g/mol. The molecule has 3 aromatic rings. The minimum absolute atomic E-state index is 0.408. The van der Waals surface area contributed by atoms with Gasteiger partial charge in [0, 0.05) is 22.6 Å². The van der Waals surface area contributed by atoms with Gasteiger partial charge in [-0.15, -0.1) is 0 Å². The fraction of sp³-hybridized carbons (Fsp3) is 0.190. The van der Waals surface area contributed by atoms with Gasteiger partial charge in [-0.25, -0.2) is 0 Å². The molecule has 0 aliphatic heterocycles. The Morgan fingerprint density at radius 2 is 1.76 bits per heavy atom. The zero-order chi connectivity index (χ0) is 18.0. The van der Waals surface area contributed by atoms with Crippen LogP contribution in [0.5, 0.6) is 0 Å². The van der Waals surface area contributed by atoms with Crippen LogP contribution in [-0.2, 0) is 6.42 Å². The number of hydrogen-bond acceptors (Lipinski definition) is 2. The Morgan fingerprint density at radius 3 is 2.36 bits per heavy atom. The zero-order valence-electron chi connectivity index (χ0n) is 14.6. The minimum Gasteiger partial charge on any atom is -0.399 e. The highest BCUT2D eigenvalue weighted by molar-refractivity contribution is 5.93. The summed E-state index contributed by atoms with van der Waals surface area (Å²) in [6, 6.07) is 17.8. The number of nitrogens with zero attached hydrogens (tertiary/aromatic N) is 1. The lowest BCUT2D eigenvalue weighted by Gasteiger charge is -2.17. The largest absolute Gasteiger partial charge is 0.399 e. The maximum absolute atomic E-state index is 11.4. The van der Waals surface area contributed by atoms with Gasteiger partial charge in [0.15, 0.2) is 0 Å². The van der Waals surface area contributed by atoms with Crippen molar-refractivity contribution in [3.8, 4) is 16.9 Å². The number of nitrogens with two attached hydrogens (primary N) is 2. The van der Waals surface area contributed by atoms with Gasteiger partial charge in [-0.3, -0.25) is 4.79 Å². The number of aromatic nitrogens is 1. The maximum Gasteiger partial charge on any atom is 0.248 e. The molecule has 4 N–H and O–H groups in total. The van der Waals surface area contributed by atoms with Gasteiger partial charge in [-0.05, 0) is 66.9 Å². The second-order valence-electron chi connectivity index (χ2n) is 6.28. The summed E-state index contributed by atoms with van der Waals surface area (Å²) in [7, 11) is 0. The summed E-state index contributed by atoms with van der Waals surface area (Å²) < 4.78 is 2.26. The first-order valence-corrected chi connectivity index (χ1v) is 8.48. The highest BCUT2D eigenvalue weighted by Crippen LogP contribution is 2.30. The zero-order valence-corrected chi connectivity index (χ0v) is 14.6. The molecule has 0 bridgehead atoms. The van der Waals surface area contributed by atoms with Gasteiger partial charge in [0.1, 0.15) is 0 Å². The van der Waals surface area contributed by atoms with Gasteiger partial charge in [0.2, 0.25) is 5.91 Å². The molecule has 25 heavy (non-hydrogen) atoms. The summed E-state index contributed by atoms with van der Waals surface area (Å²) >= 11 is 0. The predicted octanol–water partition coefficient (Wildman–Crippen LogP) is 4.09. The molecule has 1 amide bonds. The average Bonchev–Trinajstić information content (AvgIpc) is 2.99. The number of nitrogen functional groups attached to an aromatic ring is 1. The van der Waals surface area contributed by atoms with E-state index in [2.05, 4.69) is 23.6 Å². The van der Waals surface area contributed by atoms with Crippen LogP contribution in [0.4, 0.5) is 5.69 Å². The van der Waals surface area contributed by atoms with Gasteiger partial charge in [-0.2, -0.15) is 0 Å². The molecule has 0 saturated carbocycles. The molecule has 0 spiro atoms. The van der Waals surface area contributed by atoms with Gasteiger partial charge in [-0.1, -0.05) is 25.5 Å². The van der Waals surface area contributed by atoms with Crippen molar-refractivity contribution in [1.82, 2.24) is 4.57 Å². The first-order valence-electron chi connectivity index (χ1n) is 8.48. The summed E-state index contributed by atoms with van der Waals surface area (Å²) in [5.74, 6) is -0.408. The number of amides is 1. The van der Waals surface area contributed by atoms with Crippen LogP contribution in [-0.4, -0.2) is 10.5 Å². The average molecular weight is 333 g/mol. The van der Waals surface area contributed by atoms with Gasteiger partial charge < -0.3 is 16.0 Å². The van der Waals surface area contributed by atoms with Gasteiger partial charge in [0.05, 0.1) is 5.69 Å². The molecule has 1 heterocycles. The van der Waals surface area contributed by atoms with E-state index in [4.69, 9.17) is 11.5 Å². The Morgan fingerprint density at radius 1 is 1.04 bits per heavy atom. The van der Waals surface area contributed by atoms with Gasteiger partial charge in [0.25, 0.3) is 0 Å². The lowest BCUT2D eigenvalue weighted by molar-refractivity contribution is 0.1000. The standard InChI is InChI=1S/C21H23N3O/c1-3-4-18-10-12-20(15-5-8-17(22)9-6-15)24(18)19-11-7-16(21(23)25)13-14(19)2/h5-13H,3-4,22H2,1-2H3,(H2,23,25). The number of anilines is 1.